The summed E-state index contributed by atoms with van der Waals surface area (Å²) in [5, 5.41) is 0. The minimum atomic E-state index is -1.12. The number of methoxy groups -OCH3 is 1. The maximum atomic E-state index is 5.47. The van der Waals surface area contributed by atoms with E-state index in [4.69, 9.17) is 4.74 Å². The second kappa shape index (κ2) is 6.78. The third-order valence-corrected chi connectivity index (χ3v) is 6.83. The molecule has 1 rings (SSSR count). The maximum Gasteiger partial charge on any atom is 0.121 e. The van der Waals surface area contributed by atoms with Gasteiger partial charge in [0.25, 0.3) is 0 Å². The first kappa shape index (κ1) is 15.0. The van der Waals surface area contributed by atoms with Gasteiger partial charge in [-0.1, -0.05) is 38.9 Å². The number of hydrogen-bond donors (Lipinski definition) is 0. The van der Waals surface area contributed by atoms with Crippen LogP contribution in [0.3, 0.4) is 0 Å². The molecule has 0 aliphatic heterocycles. The van der Waals surface area contributed by atoms with Gasteiger partial charge in [-0.2, -0.15) is 0 Å². The normalized spacial score (nSPS) is 11.6. The van der Waals surface area contributed by atoms with Gasteiger partial charge < -0.3 is 4.74 Å². The second-order valence-corrected chi connectivity index (χ2v) is 11.8. The Hall–Kier alpha value is -0.0331. The van der Waals surface area contributed by atoms with Gasteiger partial charge in [-0.25, -0.2) is 0 Å². The number of hydrogen-bond acceptors (Lipinski definition) is 1. The summed E-state index contributed by atoms with van der Waals surface area (Å²) in [6.07, 6.45) is 2.67. The van der Waals surface area contributed by atoms with Crippen molar-refractivity contribution in [2.24, 2.45) is 0 Å². The molecule has 0 heterocycles. The first-order valence-electron chi connectivity index (χ1n) is 6.31. The summed E-state index contributed by atoms with van der Waals surface area (Å²) in [6, 6.07) is 9.14. The van der Waals surface area contributed by atoms with Gasteiger partial charge in [-0.3, -0.25) is 0 Å². The molecule has 0 aliphatic rings. The summed E-state index contributed by atoms with van der Waals surface area (Å²) in [4.78, 5) is 0. The number of halogens is 1. The molecular weight excluding hydrogens is 339 g/mol. The number of ether oxygens (including phenoxy) is 1. The summed E-state index contributed by atoms with van der Waals surface area (Å²) >= 11 is 2.38. The van der Waals surface area contributed by atoms with Crippen LogP contribution in [0.5, 0.6) is 5.75 Å². The fourth-order valence-corrected chi connectivity index (χ4v) is 5.50. The van der Waals surface area contributed by atoms with Crippen LogP contribution in [0, 0.1) is 3.57 Å². The molecule has 0 bridgehead atoms. The lowest BCUT2D eigenvalue weighted by molar-refractivity contribution is 0.411. The Kier molecular flexibility index (Phi) is 5.99. The van der Waals surface area contributed by atoms with E-state index in [-0.39, 0.29) is 0 Å². The molecule has 1 aromatic carbocycles. The minimum Gasteiger partial charge on any atom is -0.496 e. The Morgan fingerprint density at radius 1 is 1.29 bits per heavy atom. The first-order valence-corrected chi connectivity index (χ1v) is 10.8. The van der Waals surface area contributed by atoms with E-state index in [1.807, 2.05) is 0 Å². The van der Waals surface area contributed by atoms with Crippen LogP contribution in [-0.4, -0.2) is 15.2 Å². The molecule has 0 saturated carbocycles. The molecule has 0 fully saturated rings. The van der Waals surface area contributed by atoms with E-state index in [0.717, 1.165) is 5.75 Å². The lowest BCUT2D eigenvalue weighted by Gasteiger charge is -2.23. The summed E-state index contributed by atoms with van der Waals surface area (Å²) in [5.41, 5.74) is 1.40. The Morgan fingerprint density at radius 3 is 2.59 bits per heavy atom. The predicted molar refractivity (Wildman–Crippen MR) is 86.6 cm³/mol. The van der Waals surface area contributed by atoms with Crippen molar-refractivity contribution < 1.29 is 4.74 Å². The third kappa shape index (κ3) is 5.00. The Bertz CT molecular complexity index is 363. The smallest absolute Gasteiger partial charge is 0.121 e. The van der Waals surface area contributed by atoms with Crippen molar-refractivity contribution in [1.29, 1.82) is 0 Å². The van der Waals surface area contributed by atoms with Crippen LogP contribution in [0.25, 0.3) is 0 Å². The van der Waals surface area contributed by atoms with E-state index < -0.39 is 8.07 Å². The molecule has 0 N–H and O–H groups in total. The van der Waals surface area contributed by atoms with Crippen molar-refractivity contribution in [3.63, 3.8) is 0 Å². The summed E-state index contributed by atoms with van der Waals surface area (Å²) in [7, 11) is 0.651. The highest BCUT2D eigenvalue weighted by Gasteiger charge is 2.22. The fraction of sp³-hybridized carbons (Fsp3) is 0.571. The van der Waals surface area contributed by atoms with Gasteiger partial charge in [0.1, 0.15) is 5.75 Å². The average molecular weight is 362 g/mol. The van der Waals surface area contributed by atoms with E-state index >= 15 is 0 Å². The van der Waals surface area contributed by atoms with Crippen LogP contribution in [0.4, 0.5) is 0 Å². The van der Waals surface area contributed by atoms with Gasteiger partial charge in [-0.05, 0) is 52.4 Å². The monoisotopic (exact) mass is 362 g/mol. The quantitative estimate of drug-likeness (QED) is 0.517. The Morgan fingerprint density at radius 2 is 2.00 bits per heavy atom. The maximum absolute atomic E-state index is 5.47. The highest BCUT2D eigenvalue weighted by atomic mass is 127. The molecule has 3 heteroatoms. The molecule has 0 unspecified atom stereocenters. The molecule has 0 amide bonds. The van der Waals surface area contributed by atoms with E-state index in [1.165, 1.54) is 34.1 Å². The number of rotatable bonds is 6. The van der Waals surface area contributed by atoms with Gasteiger partial charge in [0.15, 0.2) is 0 Å². The first-order chi connectivity index (χ1) is 7.98. The molecule has 0 atom stereocenters. The van der Waals surface area contributed by atoms with Gasteiger partial charge in [0.05, 0.1) is 15.2 Å². The predicted octanol–water partition coefficient (Wildman–Crippen LogP) is 4.89. The van der Waals surface area contributed by atoms with Crippen molar-refractivity contribution in [2.45, 2.75) is 44.9 Å². The molecule has 0 aromatic heterocycles. The Balaban J connectivity index is 2.82. The molecule has 96 valence electrons. The van der Waals surface area contributed by atoms with E-state index in [9.17, 15) is 0 Å². The standard InChI is InChI=1S/C14H23IOSi/c1-5-6-9-17(3,4)11-12-10-13(15)7-8-14(12)16-2/h7-8,10H,5-6,9,11H2,1-4H3. The lowest BCUT2D eigenvalue weighted by atomic mass is 10.2. The number of benzene rings is 1. The molecule has 1 nitrogen and oxygen atoms in total. The molecular formula is C14H23IOSi. The van der Waals surface area contributed by atoms with Crippen molar-refractivity contribution in [1.82, 2.24) is 0 Å². The molecule has 1 aromatic rings. The van der Waals surface area contributed by atoms with Crippen molar-refractivity contribution in [3.8, 4) is 5.75 Å². The molecule has 0 radical (unpaired) electrons. The van der Waals surface area contributed by atoms with Gasteiger partial charge in [0.2, 0.25) is 0 Å². The second-order valence-electron chi connectivity index (χ2n) is 5.40. The van der Waals surface area contributed by atoms with Gasteiger partial charge >= 0.3 is 0 Å². The zero-order chi connectivity index (χ0) is 12.9. The van der Waals surface area contributed by atoms with E-state index in [0.29, 0.717) is 0 Å². The van der Waals surface area contributed by atoms with Crippen molar-refractivity contribution in [3.05, 3.63) is 27.3 Å². The van der Waals surface area contributed by atoms with Crippen LogP contribution >= 0.6 is 22.6 Å². The zero-order valence-corrected chi connectivity index (χ0v) is 14.5. The van der Waals surface area contributed by atoms with E-state index in [1.54, 1.807) is 7.11 Å². The minimum absolute atomic E-state index is 1.06. The average Bonchev–Trinajstić information content (AvgIpc) is 2.26. The SMILES string of the molecule is CCCC[Si](C)(C)Cc1cc(I)ccc1OC. The molecule has 0 aliphatic carbocycles. The molecule has 0 spiro atoms. The molecule has 0 saturated heterocycles. The highest BCUT2D eigenvalue weighted by Crippen LogP contribution is 2.27. The lowest BCUT2D eigenvalue weighted by Crippen LogP contribution is -2.29. The van der Waals surface area contributed by atoms with Crippen LogP contribution in [0.2, 0.25) is 19.1 Å². The van der Waals surface area contributed by atoms with Gasteiger partial charge in [-0.15, -0.1) is 0 Å². The topological polar surface area (TPSA) is 9.23 Å². The van der Waals surface area contributed by atoms with Crippen LogP contribution in [0.15, 0.2) is 18.2 Å². The molecule has 17 heavy (non-hydrogen) atoms. The summed E-state index contributed by atoms with van der Waals surface area (Å²) < 4.78 is 6.77. The summed E-state index contributed by atoms with van der Waals surface area (Å²) in [5.74, 6) is 1.06. The largest absolute Gasteiger partial charge is 0.496 e. The van der Waals surface area contributed by atoms with Crippen molar-refractivity contribution in [2.75, 3.05) is 7.11 Å². The van der Waals surface area contributed by atoms with Crippen molar-refractivity contribution >= 4 is 30.7 Å². The van der Waals surface area contributed by atoms with E-state index in [2.05, 4.69) is 60.8 Å². The Labute approximate surface area is 120 Å². The zero-order valence-electron chi connectivity index (χ0n) is 11.3. The van der Waals surface area contributed by atoms with Crippen LogP contribution < -0.4 is 4.74 Å². The van der Waals surface area contributed by atoms with Crippen LogP contribution in [0.1, 0.15) is 25.3 Å². The summed E-state index contributed by atoms with van der Waals surface area (Å²) in [6.45, 7) is 7.25. The van der Waals surface area contributed by atoms with Crippen LogP contribution in [-0.2, 0) is 6.04 Å². The number of unbranched alkanes of at least 4 members (excludes halogenated alkanes) is 1. The fourth-order valence-electron chi connectivity index (χ4n) is 2.14. The third-order valence-electron chi connectivity index (χ3n) is 3.12. The highest BCUT2D eigenvalue weighted by molar-refractivity contribution is 14.1. The van der Waals surface area contributed by atoms with Gasteiger partial charge in [0, 0.05) is 3.57 Å².